The van der Waals surface area contributed by atoms with Gasteiger partial charge in [0.1, 0.15) is 5.75 Å². The van der Waals surface area contributed by atoms with Crippen LogP contribution in [0.15, 0.2) is 66.4 Å². The summed E-state index contributed by atoms with van der Waals surface area (Å²) in [6.07, 6.45) is 10.2. The lowest BCUT2D eigenvalue weighted by Crippen LogP contribution is -2.57. The fourth-order valence-electron chi connectivity index (χ4n) is 3.84. The minimum Gasteiger partial charge on any atom is -0.463 e. The van der Waals surface area contributed by atoms with Gasteiger partial charge in [0, 0.05) is 29.7 Å². The number of allylic oxidation sites excluding steroid dienone is 3. The summed E-state index contributed by atoms with van der Waals surface area (Å²) in [7, 11) is 0. The number of benzene rings is 1. The van der Waals surface area contributed by atoms with Crippen molar-refractivity contribution in [1.82, 2.24) is 4.90 Å². The second-order valence-corrected chi connectivity index (χ2v) is 7.32. The number of fused-ring (bicyclic) bond motifs is 1. The average Bonchev–Trinajstić information content (AvgIpc) is 2.87. The van der Waals surface area contributed by atoms with Crippen LogP contribution in [0.25, 0.3) is 6.08 Å². The monoisotopic (exact) mass is 398 g/mol. The SMILES string of the molecule is C=CC1=C(/C=C\C)C(C)(C)C2(C=Cc3ccccc3O2)N1CCO.CC[N+](=O)[O-]. The normalized spacial score (nSPS) is 21.6. The molecule has 0 bridgehead atoms. The molecule has 0 amide bonds. The molecule has 2 aliphatic heterocycles. The van der Waals surface area contributed by atoms with Crippen LogP contribution in [0.2, 0.25) is 0 Å². The quantitative estimate of drug-likeness (QED) is 0.587. The lowest BCUT2D eigenvalue weighted by molar-refractivity contribution is -0.475. The molecule has 1 aromatic carbocycles. The van der Waals surface area contributed by atoms with Crippen molar-refractivity contribution in [3.8, 4) is 5.75 Å². The molecule has 6 nitrogen and oxygen atoms in total. The third-order valence-corrected chi connectivity index (χ3v) is 5.32. The first-order valence-electron chi connectivity index (χ1n) is 9.76. The van der Waals surface area contributed by atoms with Gasteiger partial charge >= 0.3 is 0 Å². The Morgan fingerprint density at radius 2 is 2.00 bits per heavy atom. The van der Waals surface area contributed by atoms with Gasteiger partial charge in [-0.2, -0.15) is 0 Å². The van der Waals surface area contributed by atoms with E-state index < -0.39 is 5.72 Å². The molecule has 1 aromatic rings. The topological polar surface area (TPSA) is 75.8 Å². The van der Waals surface area contributed by atoms with Crippen LogP contribution in [0, 0.1) is 15.5 Å². The molecule has 0 aromatic heterocycles. The van der Waals surface area contributed by atoms with Crippen LogP contribution >= 0.6 is 0 Å². The fourth-order valence-corrected chi connectivity index (χ4v) is 3.84. The number of nitro groups is 1. The number of hydrogen-bond acceptors (Lipinski definition) is 5. The number of aliphatic hydroxyl groups is 1. The average molecular weight is 399 g/mol. The van der Waals surface area contributed by atoms with Gasteiger partial charge < -0.3 is 14.7 Å². The van der Waals surface area contributed by atoms with E-state index in [9.17, 15) is 15.2 Å². The molecule has 0 aliphatic carbocycles. The molecule has 1 unspecified atom stereocenters. The molecule has 29 heavy (non-hydrogen) atoms. The highest BCUT2D eigenvalue weighted by atomic mass is 16.6. The van der Waals surface area contributed by atoms with E-state index in [0.29, 0.717) is 6.54 Å². The van der Waals surface area contributed by atoms with Crippen LogP contribution in [-0.4, -0.2) is 40.4 Å². The van der Waals surface area contributed by atoms with Crippen molar-refractivity contribution < 1.29 is 14.8 Å². The Labute approximate surface area is 172 Å². The second-order valence-electron chi connectivity index (χ2n) is 7.32. The molecule has 1 spiro atoms. The van der Waals surface area contributed by atoms with E-state index in [-0.39, 0.29) is 23.5 Å². The van der Waals surface area contributed by atoms with E-state index in [4.69, 9.17) is 4.74 Å². The first-order valence-corrected chi connectivity index (χ1v) is 9.76. The third-order valence-electron chi connectivity index (χ3n) is 5.32. The Morgan fingerprint density at radius 3 is 2.55 bits per heavy atom. The molecule has 2 heterocycles. The first-order chi connectivity index (χ1) is 13.8. The van der Waals surface area contributed by atoms with E-state index in [0.717, 1.165) is 22.6 Å². The van der Waals surface area contributed by atoms with Gasteiger partial charge in [-0.3, -0.25) is 10.1 Å². The maximum Gasteiger partial charge on any atom is 0.212 e. The van der Waals surface area contributed by atoms with Gasteiger partial charge in [-0.1, -0.05) is 36.9 Å². The number of nitrogens with zero attached hydrogens (tertiary/aromatic N) is 2. The highest BCUT2D eigenvalue weighted by Crippen LogP contribution is 2.55. The number of β-amino-alcohol motifs (C(OH)–C–C–N with tert-alkyl or cyclic N) is 1. The Balaban J connectivity index is 0.000000537. The van der Waals surface area contributed by atoms with Crippen LogP contribution in [0.4, 0.5) is 0 Å². The highest BCUT2D eigenvalue weighted by Gasteiger charge is 2.58. The van der Waals surface area contributed by atoms with Crippen LogP contribution in [0.5, 0.6) is 5.75 Å². The lowest BCUT2D eigenvalue weighted by Gasteiger charge is -2.48. The molecule has 2 aliphatic rings. The van der Waals surface area contributed by atoms with Crippen molar-refractivity contribution >= 4 is 6.08 Å². The Morgan fingerprint density at radius 1 is 1.34 bits per heavy atom. The third kappa shape index (κ3) is 3.98. The minimum absolute atomic E-state index is 0.0278. The molecule has 0 radical (unpaired) electrons. The van der Waals surface area contributed by atoms with Crippen molar-refractivity contribution in [2.75, 3.05) is 19.7 Å². The minimum atomic E-state index is -0.678. The van der Waals surface area contributed by atoms with Crippen molar-refractivity contribution in [2.24, 2.45) is 5.41 Å². The van der Waals surface area contributed by atoms with Crippen LogP contribution in [-0.2, 0) is 0 Å². The van der Waals surface area contributed by atoms with Gasteiger partial charge in [-0.05, 0) is 50.6 Å². The van der Waals surface area contributed by atoms with Crippen LogP contribution < -0.4 is 4.74 Å². The van der Waals surface area contributed by atoms with E-state index >= 15 is 0 Å². The Kier molecular flexibility index (Phi) is 7.03. The van der Waals surface area contributed by atoms with E-state index in [2.05, 4.69) is 43.6 Å². The summed E-state index contributed by atoms with van der Waals surface area (Å²) in [5, 5.41) is 18.8. The van der Waals surface area contributed by atoms with E-state index in [1.165, 1.54) is 6.92 Å². The summed E-state index contributed by atoms with van der Waals surface area (Å²) < 4.78 is 6.57. The van der Waals surface area contributed by atoms with Gasteiger partial charge in [0.15, 0.2) is 0 Å². The summed E-state index contributed by atoms with van der Waals surface area (Å²) in [6.45, 7) is 12.4. The fraction of sp³-hybridized carbons (Fsp3) is 0.391. The zero-order chi connectivity index (χ0) is 21.7. The summed E-state index contributed by atoms with van der Waals surface area (Å²) >= 11 is 0. The zero-order valence-corrected chi connectivity index (χ0v) is 17.6. The molecule has 0 fully saturated rings. The van der Waals surface area contributed by atoms with Crippen LogP contribution in [0.3, 0.4) is 0 Å². The van der Waals surface area contributed by atoms with E-state index in [1.54, 1.807) is 0 Å². The molecular formula is C23H30N2O4. The number of ether oxygens (including phenoxy) is 1. The zero-order valence-electron chi connectivity index (χ0n) is 17.6. The predicted molar refractivity (Wildman–Crippen MR) is 116 cm³/mol. The highest BCUT2D eigenvalue weighted by molar-refractivity contribution is 5.63. The largest absolute Gasteiger partial charge is 0.463 e. The number of aliphatic hydroxyl groups excluding tert-OH is 1. The van der Waals surface area contributed by atoms with Crippen molar-refractivity contribution in [3.05, 3.63) is 82.1 Å². The molecule has 6 heteroatoms. The molecule has 156 valence electrons. The van der Waals surface area contributed by atoms with Gasteiger partial charge in [0.2, 0.25) is 12.3 Å². The number of hydrogen-bond donors (Lipinski definition) is 1. The smallest absolute Gasteiger partial charge is 0.212 e. The molecular weight excluding hydrogens is 368 g/mol. The standard InChI is InChI=1S/C21H25NO2.C2H5NO2/c1-5-9-17-18(6-2)22(14-15-23)21(20(17,3)4)13-12-16-10-7-8-11-19(16)24-21;1-2-3(4)5/h5-13,23H,2,14-15H2,1,3-4H3;2H2,1H3/b9-5-;. The second kappa shape index (κ2) is 9.09. The van der Waals surface area contributed by atoms with Gasteiger partial charge in [0.25, 0.3) is 0 Å². The number of para-hydroxylation sites is 1. The molecule has 0 saturated heterocycles. The van der Waals surface area contributed by atoms with Gasteiger partial charge in [-0.15, -0.1) is 0 Å². The molecule has 1 atom stereocenters. The summed E-state index contributed by atoms with van der Waals surface area (Å²) in [5.74, 6) is 0.862. The van der Waals surface area contributed by atoms with Gasteiger partial charge in [0.05, 0.1) is 12.0 Å². The lowest BCUT2D eigenvalue weighted by atomic mass is 9.75. The summed E-state index contributed by atoms with van der Waals surface area (Å²) in [5.41, 5.74) is 2.26. The van der Waals surface area contributed by atoms with Crippen molar-refractivity contribution in [2.45, 2.75) is 33.4 Å². The first kappa shape index (κ1) is 22.4. The van der Waals surface area contributed by atoms with Gasteiger partial charge in [-0.25, -0.2) is 0 Å². The maximum absolute atomic E-state index is 9.64. The summed E-state index contributed by atoms with van der Waals surface area (Å²) in [6, 6.07) is 8.04. The molecule has 3 rings (SSSR count). The maximum atomic E-state index is 9.64. The van der Waals surface area contributed by atoms with E-state index in [1.807, 2.05) is 43.3 Å². The summed E-state index contributed by atoms with van der Waals surface area (Å²) in [4.78, 5) is 10.9. The Bertz CT molecular complexity index is 854. The van der Waals surface area contributed by atoms with Crippen molar-refractivity contribution in [1.29, 1.82) is 0 Å². The number of rotatable bonds is 5. The van der Waals surface area contributed by atoms with Crippen molar-refractivity contribution in [3.63, 3.8) is 0 Å². The predicted octanol–water partition coefficient (Wildman–Crippen LogP) is 4.42. The Hall–Kier alpha value is -2.86. The molecule has 1 N–H and O–H groups in total. The van der Waals surface area contributed by atoms with Crippen LogP contribution in [0.1, 0.15) is 33.3 Å². The molecule has 0 saturated carbocycles.